The van der Waals surface area contributed by atoms with Gasteiger partial charge in [-0.2, -0.15) is 0 Å². The molecule has 1 aliphatic rings. The number of hydrogen-bond donors (Lipinski definition) is 1. The summed E-state index contributed by atoms with van der Waals surface area (Å²) >= 11 is 0. The summed E-state index contributed by atoms with van der Waals surface area (Å²) < 4.78 is 36.3. The zero-order valence-electron chi connectivity index (χ0n) is 8.82. The van der Waals surface area contributed by atoms with Crippen LogP contribution in [0.15, 0.2) is 24.3 Å². The first-order chi connectivity index (χ1) is 7.58. The molecule has 0 spiro atoms. The van der Waals surface area contributed by atoms with E-state index in [2.05, 4.69) is 5.32 Å². The minimum Gasteiger partial charge on any atom is -0.314 e. The Hall–Kier alpha value is -0.940. The molecule has 1 aliphatic heterocycles. The molecular formula is C11H14FNO2S. The van der Waals surface area contributed by atoms with E-state index in [0.29, 0.717) is 19.5 Å². The molecule has 0 atom stereocenters. The maximum Gasteiger partial charge on any atom is 0.155 e. The van der Waals surface area contributed by atoms with Crippen molar-refractivity contribution in [2.24, 2.45) is 0 Å². The molecule has 2 rings (SSSR count). The number of sulfone groups is 1. The van der Waals surface area contributed by atoms with Gasteiger partial charge < -0.3 is 5.32 Å². The van der Waals surface area contributed by atoms with Gasteiger partial charge in [-0.25, -0.2) is 12.8 Å². The summed E-state index contributed by atoms with van der Waals surface area (Å²) in [5, 5.41) is 2.69. The number of aryl methyl sites for hydroxylation is 1. The zero-order chi connectivity index (χ0) is 11.6. The highest BCUT2D eigenvalue weighted by Gasteiger charge is 2.30. The van der Waals surface area contributed by atoms with Crippen LogP contribution in [0.25, 0.3) is 0 Å². The van der Waals surface area contributed by atoms with E-state index in [1.807, 2.05) is 0 Å². The first-order valence-electron chi connectivity index (χ1n) is 5.25. The van der Waals surface area contributed by atoms with Crippen molar-refractivity contribution in [1.29, 1.82) is 0 Å². The standard InChI is InChI=1S/C11H14FNO2S/c12-10-3-1-2-9(6-10)4-5-16(14,15)11-7-13-8-11/h1-3,6,11,13H,4-5,7-8H2. The molecule has 88 valence electrons. The second-order valence-corrected chi connectivity index (χ2v) is 6.43. The third-order valence-electron chi connectivity index (χ3n) is 2.82. The van der Waals surface area contributed by atoms with Crippen molar-refractivity contribution < 1.29 is 12.8 Å². The highest BCUT2D eigenvalue weighted by molar-refractivity contribution is 7.92. The molecule has 1 saturated heterocycles. The van der Waals surface area contributed by atoms with Gasteiger partial charge in [0.25, 0.3) is 0 Å². The Kier molecular flexibility index (Phi) is 3.25. The maximum atomic E-state index is 12.9. The zero-order valence-corrected chi connectivity index (χ0v) is 9.63. The van der Waals surface area contributed by atoms with E-state index in [1.165, 1.54) is 12.1 Å². The largest absolute Gasteiger partial charge is 0.314 e. The lowest BCUT2D eigenvalue weighted by Crippen LogP contribution is -2.52. The van der Waals surface area contributed by atoms with Gasteiger partial charge in [-0.3, -0.25) is 0 Å². The summed E-state index contributed by atoms with van der Waals surface area (Å²) in [7, 11) is -3.02. The highest BCUT2D eigenvalue weighted by Crippen LogP contribution is 2.11. The third kappa shape index (κ3) is 2.59. The predicted molar refractivity (Wildman–Crippen MR) is 60.5 cm³/mol. The minimum absolute atomic E-state index is 0.100. The monoisotopic (exact) mass is 243 g/mol. The molecule has 1 aromatic carbocycles. The lowest BCUT2D eigenvalue weighted by Gasteiger charge is -2.26. The molecule has 16 heavy (non-hydrogen) atoms. The average Bonchev–Trinajstić information content (AvgIpc) is 2.11. The normalized spacial score (nSPS) is 17.1. The van der Waals surface area contributed by atoms with Gasteiger partial charge in [-0.05, 0) is 24.1 Å². The van der Waals surface area contributed by atoms with Crippen LogP contribution in [-0.4, -0.2) is 32.5 Å². The fraction of sp³-hybridized carbons (Fsp3) is 0.455. The van der Waals surface area contributed by atoms with Crippen LogP contribution in [0.1, 0.15) is 5.56 Å². The number of nitrogens with one attached hydrogen (secondary N) is 1. The Labute approximate surface area is 94.6 Å². The molecule has 1 N–H and O–H groups in total. The van der Waals surface area contributed by atoms with Crippen molar-refractivity contribution in [1.82, 2.24) is 5.32 Å². The molecule has 3 nitrogen and oxygen atoms in total. The van der Waals surface area contributed by atoms with Gasteiger partial charge in [0.2, 0.25) is 0 Å². The lowest BCUT2D eigenvalue weighted by molar-refractivity contribution is 0.495. The molecule has 0 aromatic heterocycles. The summed E-state index contributed by atoms with van der Waals surface area (Å²) in [6, 6.07) is 6.09. The lowest BCUT2D eigenvalue weighted by atomic mass is 10.2. The smallest absolute Gasteiger partial charge is 0.155 e. The average molecular weight is 243 g/mol. The Morgan fingerprint density at radius 3 is 2.69 bits per heavy atom. The van der Waals surface area contributed by atoms with Crippen molar-refractivity contribution >= 4 is 9.84 Å². The van der Waals surface area contributed by atoms with Gasteiger partial charge in [0.05, 0.1) is 11.0 Å². The van der Waals surface area contributed by atoms with Crippen LogP contribution in [0.2, 0.25) is 0 Å². The second-order valence-electron chi connectivity index (χ2n) is 4.03. The number of halogens is 1. The fourth-order valence-corrected chi connectivity index (χ4v) is 3.23. The molecule has 5 heteroatoms. The van der Waals surface area contributed by atoms with Crippen molar-refractivity contribution in [3.8, 4) is 0 Å². The molecule has 0 amide bonds. The molecule has 0 bridgehead atoms. The first-order valence-corrected chi connectivity index (χ1v) is 6.96. The Balaban J connectivity index is 1.96. The van der Waals surface area contributed by atoms with Gasteiger partial charge >= 0.3 is 0 Å². The molecule has 1 fully saturated rings. The molecule has 0 aliphatic carbocycles. The van der Waals surface area contributed by atoms with Crippen LogP contribution in [0.5, 0.6) is 0 Å². The van der Waals surface area contributed by atoms with Crippen molar-refractivity contribution in [2.45, 2.75) is 11.7 Å². The van der Waals surface area contributed by atoms with Gasteiger partial charge in [-0.15, -0.1) is 0 Å². The quantitative estimate of drug-likeness (QED) is 0.849. The third-order valence-corrected chi connectivity index (χ3v) is 4.94. The van der Waals surface area contributed by atoms with E-state index >= 15 is 0 Å². The molecule has 1 aromatic rings. The summed E-state index contributed by atoms with van der Waals surface area (Å²) in [5.74, 6) is -0.219. The summed E-state index contributed by atoms with van der Waals surface area (Å²) in [6.07, 6.45) is 0.386. The Bertz CT molecular complexity index is 469. The van der Waals surface area contributed by atoms with E-state index in [0.717, 1.165) is 5.56 Å². The Morgan fingerprint density at radius 1 is 1.38 bits per heavy atom. The van der Waals surface area contributed by atoms with Crippen LogP contribution >= 0.6 is 0 Å². The van der Waals surface area contributed by atoms with Crippen LogP contribution in [-0.2, 0) is 16.3 Å². The molecule has 0 saturated carbocycles. The maximum absolute atomic E-state index is 12.9. The van der Waals surface area contributed by atoms with E-state index < -0.39 is 9.84 Å². The van der Waals surface area contributed by atoms with Crippen molar-refractivity contribution in [2.75, 3.05) is 18.8 Å². The van der Waals surface area contributed by atoms with Gasteiger partial charge in [0.1, 0.15) is 5.82 Å². The predicted octanol–water partition coefficient (Wildman–Crippen LogP) is 0.755. The van der Waals surface area contributed by atoms with Gasteiger partial charge in [0.15, 0.2) is 9.84 Å². The van der Waals surface area contributed by atoms with E-state index in [4.69, 9.17) is 0 Å². The van der Waals surface area contributed by atoms with E-state index in [1.54, 1.807) is 12.1 Å². The summed E-state index contributed by atoms with van der Waals surface area (Å²) in [4.78, 5) is 0. The van der Waals surface area contributed by atoms with Crippen molar-refractivity contribution in [3.63, 3.8) is 0 Å². The molecular weight excluding hydrogens is 229 g/mol. The van der Waals surface area contributed by atoms with Gasteiger partial charge in [0, 0.05) is 13.1 Å². The minimum atomic E-state index is -3.02. The summed E-state index contributed by atoms with van der Waals surface area (Å²) in [6.45, 7) is 1.09. The number of benzene rings is 1. The topological polar surface area (TPSA) is 46.2 Å². The highest BCUT2D eigenvalue weighted by atomic mass is 32.2. The fourth-order valence-electron chi connectivity index (χ4n) is 1.64. The van der Waals surface area contributed by atoms with Crippen LogP contribution in [0, 0.1) is 5.82 Å². The second kappa shape index (κ2) is 4.51. The van der Waals surface area contributed by atoms with E-state index in [9.17, 15) is 12.8 Å². The molecule has 0 radical (unpaired) electrons. The number of rotatable bonds is 4. The van der Waals surface area contributed by atoms with Crippen LogP contribution in [0.4, 0.5) is 4.39 Å². The van der Waals surface area contributed by atoms with E-state index in [-0.39, 0.29) is 16.8 Å². The van der Waals surface area contributed by atoms with Crippen LogP contribution < -0.4 is 5.32 Å². The van der Waals surface area contributed by atoms with Gasteiger partial charge in [-0.1, -0.05) is 12.1 Å². The van der Waals surface area contributed by atoms with Crippen LogP contribution in [0.3, 0.4) is 0 Å². The molecule has 0 unspecified atom stereocenters. The number of hydrogen-bond acceptors (Lipinski definition) is 3. The molecule has 1 heterocycles. The first kappa shape index (κ1) is 11.5. The Morgan fingerprint density at radius 2 is 2.12 bits per heavy atom. The SMILES string of the molecule is O=S(=O)(CCc1cccc(F)c1)C1CNC1. The van der Waals surface area contributed by atoms with Crippen molar-refractivity contribution in [3.05, 3.63) is 35.6 Å². The summed E-state index contributed by atoms with van der Waals surface area (Å²) in [5.41, 5.74) is 0.732.